The van der Waals surface area contributed by atoms with Crippen molar-refractivity contribution in [2.75, 3.05) is 13.2 Å². The molecule has 0 saturated heterocycles. The van der Waals surface area contributed by atoms with Gasteiger partial charge in [0.25, 0.3) is 0 Å². The molecule has 0 heterocycles. The maximum atomic E-state index is 12.2. The monoisotopic (exact) mass is 267 g/mol. The van der Waals surface area contributed by atoms with Crippen LogP contribution in [0.15, 0.2) is 35.0 Å². The van der Waals surface area contributed by atoms with Crippen LogP contribution in [0.5, 0.6) is 0 Å². The van der Waals surface area contributed by atoms with E-state index in [9.17, 15) is 9.59 Å². The summed E-state index contributed by atoms with van der Waals surface area (Å²) in [6.45, 7) is 0.437. The molecule has 2 atom stereocenters. The van der Waals surface area contributed by atoms with Crippen LogP contribution in [-0.4, -0.2) is 29.8 Å². The lowest BCUT2D eigenvalue weighted by Gasteiger charge is -2.28. The van der Waals surface area contributed by atoms with E-state index in [1.807, 2.05) is 0 Å². The fourth-order valence-corrected chi connectivity index (χ4v) is 2.40. The second-order valence-electron chi connectivity index (χ2n) is 4.24. The third kappa shape index (κ3) is 2.26. The highest BCUT2D eigenvalue weighted by Gasteiger charge is 2.40. The van der Waals surface area contributed by atoms with Gasteiger partial charge in [-0.25, -0.2) is 0 Å². The van der Waals surface area contributed by atoms with E-state index in [2.05, 4.69) is 5.32 Å². The topological polar surface area (TPSA) is 66.4 Å². The Balaban J connectivity index is 2.24. The number of hydrogen-bond acceptors (Lipinski definition) is 4. The lowest BCUT2D eigenvalue weighted by Crippen LogP contribution is -2.40. The SMILES string of the molecule is O=C1C(Cl)=C(NCCCO)C(=O)C2C=CC=CC12. The number of allylic oxidation sites excluding steroid dienone is 6. The molecular formula is C13H14ClNO3. The van der Waals surface area contributed by atoms with Gasteiger partial charge >= 0.3 is 0 Å². The van der Waals surface area contributed by atoms with Crippen LogP contribution in [0.4, 0.5) is 0 Å². The van der Waals surface area contributed by atoms with E-state index in [1.165, 1.54) is 0 Å². The van der Waals surface area contributed by atoms with Crippen LogP contribution < -0.4 is 5.32 Å². The number of carbonyl (C=O) groups excluding carboxylic acids is 2. The van der Waals surface area contributed by atoms with Crippen molar-refractivity contribution in [2.45, 2.75) is 6.42 Å². The number of ketones is 2. The molecule has 0 aliphatic heterocycles. The maximum absolute atomic E-state index is 12.2. The molecule has 96 valence electrons. The van der Waals surface area contributed by atoms with Crippen LogP contribution in [0.3, 0.4) is 0 Å². The van der Waals surface area contributed by atoms with E-state index in [1.54, 1.807) is 24.3 Å². The van der Waals surface area contributed by atoms with Crippen molar-refractivity contribution in [2.24, 2.45) is 11.8 Å². The normalized spacial score (nSPS) is 26.6. The molecule has 0 radical (unpaired) electrons. The van der Waals surface area contributed by atoms with Crippen molar-refractivity contribution in [3.8, 4) is 0 Å². The van der Waals surface area contributed by atoms with Gasteiger partial charge in [0.05, 0.1) is 11.8 Å². The van der Waals surface area contributed by atoms with Crippen LogP contribution in [0.1, 0.15) is 6.42 Å². The van der Waals surface area contributed by atoms with Gasteiger partial charge in [0, 0.05) is 13.2 Å². The predicted octanol–water partition coefficient (Wildman–Crippen LogP) is 0.919. The van der Waals surface area contributed by atoms with Crippen molar-refractivity contribution >= 4 is 23.2 Å². The first-order chi connectivity index (χ1) is 8.66. The molecule has 0 amide bonds. The van der Waals surface area contributed by atoms with Gasteiger partial charge in [-0.3, -0.25) is 9.59 Å². The van der Waals surface area contributed by atoms with Crippen LogP contribution in [0.25, 0.3) is 0 Å². The molecule has 0 saturated carbocycles. The van der Waals surface area contributed by atoms with Crippen molar-refractivity contribution in [3.63, 3.8) is 0 Å². The highest BCUT2D eigenvalue weighted by Crippen LogP contribution is 2.33. The molecule has 0 aromatic rings. The zero-order valence-electron chi connectivity index (χ0n) is 9.73. The van der Waals surface area contributed by atoms with Crippen LogP contribution in [0, 0.1) is 11.8 Å². The fourth-order valence-electron chi connectivity index (χ4n) is 2.11. The summed E-state index contributed by atoms with van der Waals surface area (Å²) in [5.74, 6) is -1.32. The Hall–Kier alpha value is -1.39. The second-order valence-corrected chi connectivity index (χ2v) is 4.62. The van der Waals surface area contributed by atoms with Crippen LogP contribution >= 0.6 is 11.6 Å². The van der Waals surface area contributed by atoms with Gasteiger partial charge in [0.15, 0.2) is 11.6 Å². The molecule has 5 heteroatoms. The quantitative estimate of drug-likeness (QED) is 0.744. The van der Waals surface area contributed by atoms with E-state index in [0.717, 1.165) is 0 Å². The molecule has 4 nitrogen and oxygen atoms in total. The molecule has 2 unspecified atom stereocenters. The average Bonchev–Trinajstić information content (AvgIpc) is 2.40. The number of halogens is 1. The van der Waals surface area contributed by atoms with Gasteiger partial charge < -0.3 is 10.4 Å². The average molecular weight is 268 g/mol. The highest BCUT2D eigenvalue weighted by atomic mass is 35.5. The molecule has 0 spiro atoms. The van der Waals surface area contributed by atoms with E-state index >= 15 is 0 Å². The first kappa shape index (κ1) is 13.1. The Kier molecular flexibility index (Phi) is 3.99. The maximum Gasteiger partial charge on any atom is 0.188 e. The van der Waals surface area contributed by atoms with Gasteiger partial charge in [0.2, 0.25) is 0 Å². The molecule has 18 heavy (non-hydrogen) atoms. The zero-order chi connectivity index (χ0) is 13.1. The highest BCUT2D eigenvalue weighted by molar-refractivity contribution is 6.46. The number of carbonyl (C=O) groups is 2. The third-order valence-corrected chi connectivity index (χ3v) is 3.43. The summed E-state index contributed by atoms with van der Waals surface area (Å²) in [6, 6.07) is 0. The summed E-state index contributed by atoms with van der Waals surface area (Å²) >= 11 is 5.95. The van der Waals surface area contributed by atoms with E-state index in [-0.39, 0.29) is 28.9 Å². The van der Waals surface area contributed by atoms with Crippen LogP contribution in [-0.2, 0) is 9.59 Å². The molecule has 2 N–H and O–H groups in total. The summed E-state index contributed by atoms with van der Waals surface area (Å²) in [5.41, 5.74) is 0.177. The lowest BCUT2D eigenvalue weighted by atomic mass is 9.77. The molecule has 2 aliphatic carbocycles. The smallest absolute Gasteiger partial charge is 0.188 e. The van der Waals surface area contributed by atoms with Crippen LogP contribution in [0.2, 0.25) is 0 Å². The summed E-state index contributed by atoms with van der Waals surface area (Å²) in [6.07, 6.45) is 7.44. The summed E-state index contributed by atoms with van der Waals surface area (Å²) in [5, 5.41) is 11.5. The number of rotatable bonds is 4. The first-order valence-corrected chi connectivity index (χ1v) is 6.22. The Bertz CT molecular complexity index is 465. The Morgan fingerprint density at radius 1 is 1.17 bits per heavy atom. The van der Waals surface area contributed by atoms with Gasteiger partial charge in [-0.1, -0.05) is 35.9 Å². The third-order valence-electron chi connectivity index (χ3n) is 3.06. The second kappa shape index (κ2) is 5.50. The number of aliphatic hydroxyl groups excluding tert-OH is 1. The minimum Gasteiger partial charge on any atom is -0.396 e. The number of Topliss-reactive ketones (excluding diaryl/α,β-unsaturated/α-hetero) is 2. The minimum absolute atomic E-state index is 0.0225. The van der Waals surface area contributed by atoms with Crippen molar-refractivity contribution < 1.29 is 14.7 Å². The number of aliphatic hydroxyl groups is 1. The zero-order valence-corrected chi connectivity index (χ0v) is 10.5. The summed E-state index contributed by atoms with van der Waals surface area (Å²) in [7, 11) is 0. The molecular weight excluding hydrogens is 254 g/mol. The van der Waals surface area contributed by atoms with Gasteiger partial charge in [-0.05, 0) is 6.42 Å². The first-order valence-electron chi connectivity index (χ1n) is 5.84. The largest absolute Gasteiger partial charge is 0.396 e. The molecule has 2 aliphatic rings. The minimum atomic E-state index is -0.474. The molecule has 0 aromatic heterocycles. The Labute approximate surface area is 110 Å². The van der Waals surface area contributed by atoms with Gasteiger partial charge in [-0.15, -0.1) is 0 Å². The molecule has 0 fully saturated rings. The van der Waals surface area contributed by atoms with Crippen molar-refractivity contribution in [3.05, 3.63) is 35.0 Å². The van der Waals surface area contributed by atoms with E-state index < -0.39 is 11.8 Å². The van der Waals surface area contributed by atoms with Gasteiger partial charge in [-0.2, -0.15) is 0 Å². The Morgan fingerprint density at radius 3 is 2.39 bits per heavy atom. The number of hydrogen-bond donors (Lipinski definition) is 2. The lowest BCUT2D eigenvalue weighted by molar-refractivity contribution is -0.127. The number of nitrogens with one attached hydrogen (secondary N) is 1. The summed E-state index contributed by atoms with van der Waals surface area (Å²) < 4.78 is 0. The Morgan fingerprint density at radius 2 is 1.78 bits per heavy atom. The van der Waals surface area contributed by atoms with Gasteiger partial charge in [0.1, 0.15) is 10.7 Å². The van der Waals surface area contributed by atoms with Crippen molar-refractivity contribution in [1.82, 2.24) is 5.32 Å². The van der Waals surface area contributed by atoms with E-state index in [0.29, 0.717) is 13.0 Å². The fraction of sp³-hybridized carbons (Fsp3) is 0.385. The van der Waals surface area contributed by atoms with Crippen molar-refractivity contribution in [1.29, 1.82) is 0 Å². The molecule has 0 aromatic carbocycles. The summed E-state index contributed by atoms with van der Waals surface area (Å²) in [4.78, 5) is 24.2. The number of fused-ring (bicyclic) bond motifs is 1. The predicted molar refractivity (Wildman–Crippen MR) is 67.9 cm³/mol. The molecule has 0 bridgehead atoms. The molecule has 2 rings (SSSR count). The standard InChI is InChI=1S/C13H14ClNO3/c14-10-11(15-6-3-7-16)13(18)9-5-2-1-4-8(9)12(10)17/h1-2,4-5,8-9,15-16H,3,6-7H2. The van der Waals surface area contributed by atoms with E-state index in [4.69, 9.17) is 16.7 Å².